The Morgan fingerprint density at radius 1 is 0.297 bits per heavy atom. The number of phosphoric acid groups is 2. The second kappa shape index (κ2) is 64.1. The van der Waals surface area contributed by atoms with Crippen molar-refractivity contribution in [2.75, 3.05) is 39.6 Å². The fourth-order valence-electron chi connectivity index (χ4n) is 10.9. The van der Waals surface area contributed by atoms with Crippen LogP contribution in [0.3, 0.4) is 0 Å². The van der Waals surface area contributed by atoms with Gasteiger partial charge in [-0.15, -0.1) is 0 Å². The van der Waals surface area contributed by atoms with Crippen LogP contribution in [-0.4, -0.2) is 96.7 Å². The fourth-order valence-corrected chi connectivity index (χ4v) is 12.5. The van der Waals surface area contributed by atoms with E-state index in [4.69, 9.17) is 37.0 Å². The quantitative estimate of drug-likeness (QED) is 0.0222. The molecular weight excluding hydrogens is 1200 g/mol. The first-order chi connectivity index (χ1) is 43.9. The van der Waals surface area contributed by atoms with Crippen LogP contribution in [0.15, 0.2) is 0 Å². The predicted molar refractivity (Wildman–Crippen MR) is 368 cm³/mol. The molecule has 0 aliphatic carbocycles. The highest BCUT2D eigenvalue weighted by atomic mass is 31.2. The summed E-state index contributed by atoms with van der Waals surface area (Å²) in [5, 5.41) is 10.6. The molecule has 0 aliphatic heterocycles. The van der Waals surface area contributed by atoms with Crippen LogP contribution in [0.5, 0.6) is 0 Å². The molecule has 0 bridgehead atoms. The Bertz CT molecular complexity index is 1770. The molecule has 0 aromatic carbocycles. The molecule has 17 nitrogen and oxygen atoms in total. The number of aliphatic hydroxyl groups is 1. The first-order valence-electron chi connectivity index (χ1n) is 37.5. The molecule has 0 saturated heterocycles. The van der Waals surface area contributed by atoms with Crippen LogP contribution in [0.4, 0.5) is 0 Å². The van der Waals surface area contributed by atoms with Crippen molar-refractivity contribution in [1.82, 2.24) is 0 Å². The van der Waals surface area contributed by atoms with Crippen molar-refractivity contribution in [3.8, 4) is 0 Å². The average molecular weight is 1340 g/mol. The van der Waals surface area contributed by atoms with Crippen LogP contribution in [0.2, 0.25) is 0 Å². The molecule has 5 atom stereocenters. The molecule has 0 fully saturated rings. The normalized spacial score (nSPS) is 14.1. The third-order valence-electron chi connectivity index (χ3n) is 16.7. The van der Waals surface area contributed by atoms with Crippen molar-refractivity contribution in [2.45, 2.75) is 387 Å². The summed E-state index contributed by atoms with van der Waals surface area (Å²) >= 11 is 0. The molecule has 19 heteroatoms. The zero-order chi connectivity index (χ0) is 67.2. The van der Waals surface area contributed by atoms with Crippen molar-refractivity contribution in [3.63, 3.8) is 0 Å². The lowest BCUT2D eigenvalue weighted by Gasteiger charge is -2.21. The van der Waals surface area contributed by atoms with Gasteiger partial charge in [-0.3, -0.25) is 37.3 Å². The van der Waals surface area contributed by atoms with Crippen LogP contribution in [-0.2, 0) is 65.4 Å². The minimum atomic E-state index is -4.95. The second-order valence-corrected chi connectivity index (χ2v) is 29.8. The van der Waals surface area contributed by atoms with Gasteiger partial charge in [-0.2, -0.15) is 0 Å². The van der Waals surface area contributed by atoms with E-state index in [2.05, 4.69) is 41.5 Å². The Morgan fingerprint density at radius 3 is 0.747 bits per heavy atom. The van der Waals surface area contributed by atoms with Crippen molar-refractivity contribution >= 4 is 39.5 Å². The van der Waals surface area contributed by atoms with Gasteiger partial charge in [0.25, 0.3) is 0 Å². The molecule has 0 spiro atoms. The third-order valence-corrected chi connectivity index (χ3v) is 18.6. The molecule has 0 aromatic rings. The second-order valence-electron chi connectivity index (χ2n) is 26.9. The number of hydrogen-bond acceptors (Lipinski definition) is 15. The van der Waals surface area contributed by atoms with E-state index < -0.39 is 97.5 Å². The highest BCUT2D eigenvalue weighted by molar-refractivity contribution is 7.47. The number of rotatable bonds is 71. The molecule has 0 rings (SSSR count). The maximum Gasteiger partial charge on any atom is 0.472 e. The number of ether oxygens (including phenoxy) is 4. The van der Waals surface area contributed by atoms with Crippen LogP contribution in [0, 0.1) is 11.8 Å². The summed E-state index contributed by atoms with van der Waals surface area (Å²) < 4.78 is 68.1. The highest BCUT2D eigenvalue weighted by Gasteiger charge is 2.30. The molecule has 3 N–H and O–H groups in total. The Kier molecular flexibility index (Phi) is 62.7. The zero-order valence-corrected chi connectivity index (χ0v) is 60.9. The molecule has 540 valence electrons. The summed E-state index contributed by atoms with van der Waals surface area (Å²) in [6.07, 6.45) is 50.5. The van der Waals surface area contributed by atoms with E-state index in [1.165, 1.54) is 180 Å². The topological polar surface area (TPSA) is 237 Å². The fraction of sp³-hybridized carbons (Fsp3) is 0.944. The number of carbonyl (C=O) groups is 4. The number of hydrogen-bond donors (Lipinski definition) is 3. The monoisotopic (exact) mass is 1340 g/mol. The average Bonchev–Trinajstić information content (AvgIpc) is 3.15. The first kappa shape index (κ1) is 89.1. The smallest absolute Gasteiger partial charge is 0.462 e. The number of aliphatic hydroxyl groups excluding tert-OH is 1. The van der Waals surface area contributed by atoms with Crippen molar-refractivity contribution in [3.05, 3.63) is 0 Å². The van der Waals surface area contributed by atoms with Gasteiger partial charge in [0.15, 0.2) is 12.2 Å². The summed E-state index contributed by atoms with van der Waals surface area (Å²) in [4.78, 5) is 72.3. The standard InChI is InChI=1S/C72H140O17P2/c1-7-9-11-13-14-30-38-44-50-56-71(76)88-67(60-82-69(74)54-48-40-12-10-8-2)62-86-90(78,79)84-58-66(73)59-85-91(80,81)87-63-68(61-83-70(75)55-49-43-37-33-28-24-21-17-19-23-27-32-36-42-47-53-65(5)6)89-72(77)57-51-45-39-34-29-25-20-16-15-18-22-26-31-35-41-46-52-64(3)4/h64-68,73H,7-63H2,1-6H3,(H,78,79)(H,80,81)/t66-,67+,68+/m0/s1. The molecule has 0 aromatic heterocycles. The lowest BCUT2D eigenvalue weighted by atomic mass is 10.0. The van der Waals surface area contributed by atoms with Gasteiger partial charge >= 0.3 is 39.5 Å². The van der Waals surface area contributed by atoms with Crippen molar-refractivity contribution < 1.29 is 80.2 Å². The number of unbranched alkanes of at least 4 members (excludes halogenated alkanes) is 41. The summed E-state index contributed by atoms with van der Waals surface area (Å²) in [5.41, 5.74) is 0. The Balaban J connectivity index is 5.12. The van der Waals surface area contributed by atoms with Gasteiger partial charge in [-0.05, 0) is 37.5 Å². The lowest BCUT2D eigenvalue weighted by molar-refractivity contribution is -0.161. The lowest BCUT2D eigenvalue weighted by Crippen LogP contribution is -2.30. The molecule has 0 aliphatic rings. The summed E-state index contributed by atoms with van der Waals surface area (Å²) in [6, 6.07) is 0. The molecule has 2 unspecified atom stereocenters. The maximum atomic E-state index is 13.1. The van der Waals surface area contributed by atoms with E-state index in [1.807, 2.05) is 0 Å². The van der Waals surface area contributed by atoms with Crippen LogP contribution in [0.25, 0.3) is 0 Å². The van der Waals surface area contributed by atoms with E-state index in [9.17, 15) is 43.2 Å². The molecular formula is C72H140O17P2. The molecule has 91 heavy (non-hydrogen) atoms. The van der Waals surface area contributed by atoms with E-state index in [0.29, 0.717) is 25.7 Å². The summed E-state index contributed by atoms with van der Waals surface area (Å²) in [6.45, 7) is 9.52. The Morgan fingerprint density at radius 2 is 0.505 bits per heavy atom. The third kappa shape index (κ3) is 66.5. The highest BCUT2D eigenvalue weighted by Crippen LogP contribution is 2.45. The summed E-state index contributed by atoms with van der Waals surface area (Å²) in [7, 11) is -9.89. The number of carbonyl (C=O) groups excluding carboxylic acids is 4. The summed E-state index contributed by atoms with van der Waals surface area (Å²) in [5.74, 6) is -0.518. The van der Waals surface area contributed by atoms with Crippen LogP contribution < -0.4 is 0 Å². The Hall–Kier alpha value is -1.94. The molecule has 0 radical (unpaired) electrons. The van der Waals surface area contributed by atoms with Gasteiger partial charge in [0.05, 0.1) is 26.4 Å². The van der Waals surface area contributed by atoms with Crippen molar-refractivity contribution in [2.24, 2.45) is 11.8 Å². The van der Waals surface area contributed by atoms with Gasteiger partial charge in [-0.25, -0.2) is 9.13 Å². The zero-order valence-electron chi connectivity index (χ0n) is 59.1. The van der Waals surface area contributed by atoms with Crippen molar-refractivity contribution in [1.29, 1.82) is 0 Å². The van der Waals surface area contributed by atoms with Gasteiger partial charge in [-0.1, -0.05) is 318 Å². The van der Waals surface area contributed by atoms with Crippen LogP contribution >= 0.6 is 15.6 Å². The molecule has 0 heterocycles. The minimum absolute atomic E-state index is 0.105. The van der Waals surface area contributed by atoms with Gasteiger partial charge < -0.3 is 33.8 Å². The predicted octanol–water partition coefficient (Wildman–Crippen LogP) is 20.8. The number of phosphoric ester groups is 2. The van der Waals surface area contributed by atoms with E-state index >= 15 is 0 Å². The molecule has 0 saturated carbocycles. The Labute approximate surface area is 556 Å². The minimum Gasteiger partial charge on any atom is -0.462 e. The largest absolute Gasteiger partial charge is 0.472 e. The number of esters is 4. The molecule has 0 amide bonds. The van der Waals surface area contributed by atoms with E-state index in [0.717, 1.165) is 108 Å². The van der Waals surface area contributed by atoms with E-state index in [-0.39, 0.29) is 25.7 Å². The van der Waals surface area contributed by atoms with Gasteiger partial charge in [0.1, 0.15) is 19.3 Å². The maximum absolute atomic E-state index is 13.1. The first-order valence-corrected chi connectivity index (χ1v) is 40.5. The van der Waals surface area contributed by atoms with E-state index in [1.54, 1.807) is 0 Å². The SMILES string of the molecule is CCCCCCCCCCCC(=O)O[C@H](COC(=O)CCCCCCC)COP(=O)(O)OC[C@H](O)COP(=O)(O)OC[C@@H](COC(=O)CCCCCCCCCCCCCCCCCC(C)C)OC(=O)CCCCCCCCCCCCCCCCCCC(C)C. The van der Waals surface area contributed by atoms with Crippen LogP contribution in [0.1, 0.15) is 369 Å². The van der Waals surface area contributed by atoms with Gasteiger partial charge in [0.2, 0.25) is 0 Å². The van der Waals surface area contributed by atoms with Gasteiger partial charge in [0, 0.05) is 25.7 Å².